The summed E-state index contributed by atoms with van der Waals surface area (Å²) in [6.45, 7) is 5.55. The predicted molar refractivity (Wildman–Crippen MR) is 114 cm³/mol. The van der Waals surface area contributed by atoms with Crippen LogP contribution in [0.3, 0.4) is 0 Å². The van der Waals surface area contributed by atoms with Gasteiger partial charge in [-0.15, -0.1) is 6.58 Å². The lowest BCUT2D eigenvalue weighted by Gasteiger charge is -2.12. The number of aromatic nitrogens is 2. The highest BCUT2D eigenvalue weighted by atomic mass is 16.5. The normalized spacial score (nSPS) is 10.8. The molecular formula is C23H27N3O3. The Kier molecular flexibility index (Phi) is 7.41. The number of carbonyl (C=O) groups excluding carboxylic acids is 1. The average molecular weight is 393 g/mol. The largest absolute Gasteiger partial charge is 0.493 e. The van der Waals surface area contributed by atoms with Crippen molar-refractivity contribution in [2.24, 2.45) is 0 Å². The summed E-state index contributed by atoms with van der Waals surface area (Å²) >= 11 is 0. The van der Waals surface area contributed by atoms with Gasteiger partial charge in [0.25, 0.3) is 0 Å². The van der Waals surface area contributed by atoms with Crippen molar-refractivity contribution in [1.82, 2.24) is 14.9 Å². The Morgan fingerprint density at radius 1 is 1.21 bits per heavy atom. The van der Waals surface area contributed by atoms with Gasteiger partial charge in [0.1, 0.15) is 18.2 Å². The van der Waals surface area contributed by atoms with Crippen LogP contribution in [0.5, 0.6) is 5.75 Å². The highest BCUT2D eigenvalue weighted by molar-refractivity contribution is 5.78. The van der Waals surface area contributed by atoms with E-state index in [-0.39, 0.29) is 12.5 Å². The lowest BCUT2D eigenvalue weighted by atomic mass is 10.1. The van der Waals surface area contributed by atoms with Crippen molar-refractivity contribution in [3.63, 3.8) is 0 Å². The van der Waals surface area contributed by atoms with Gasteiger partial charge in [-0.1, -0.05) is 36.4 Å². The molecule has 152 valence electrons. The molecule has 1 N–H and O–H groups in total. The van der Waals surface area contributed by atoms with Gasteiger partial charge in [-0.2, -0.15) is 0 Å². The summed E-state index contributed by atoms with van der Waals surface area (Å²) in [5.74, 6) is 1.56. The topological polar surface area (TPSA) is 65.4 Å². The molecule has 0 aliphatic carbocycles. The number of fused-ring (bicyclic) bond motifs is 1. The Balaban J connectivity index is 1.65. The Labute approximate surface area is 171 Å². The van der Waals surface area contributed by atoms with Gasteiger partial charge in [0.2, 0.25) is 5.91 Å². The molecule has 0 spiro atoms. The third kappa shape index (κ3) is 5.45. The predicted octanol–water partition coefficient (Wildman–Crippen LogP) is 3.50. The average Bonchev–Trinajstić information content (AvgIpc) is 3.09. The zero-order valence-electron chi connectivity index (χ0n) is 16.8. The molecule has 29 heavy (non-hydrogen) atoms. The summed E-state index contributed by atoms with van der Waals surface area (Å²) in [5, 5.41) is 2.85. The van der Waals surface area contributed by atoms with Crippen molar-refractivity contribution in [2.45, 2.75) is 25.9 Å². The molecule has 2 aromatic carbocycles. The fourth-order valence-electron chi connectivity index (χ4n) is 3.24. The molecule has 0 unspecified atom stereocenters. The van der Waals surface area contributed by atoms with Crippen LogP contribution in [0.4, 0.5) is 0 Å². The fraction of sp³-hybridized carbons (Fsp3) is 0.304. The number of hydrogen-bond donors (Lipinski definition) is 1. The maximum Gasteiger partial charge on any atom is 0.246 e. The number of nitrogens with zero attached hydrogens (tertiary/aromatic N) is 2. The number of carbonyl (C=O) groups is 1. The van der Waals surface area contributed by atoms with E-state index in [0.29, 0.717) is 13.2 Å². The van der Waals surface area contributed by atoms with Crippen molar-refractivity contribution >= 4 is 16.9 Å². The van der Waals surface area contributed by atoms with Crippen LogP contribution in [0.25, 0.3) is 11.0 Å². The Morgan fingerprint density at radius 3 is 2.83 bits per heavy atom. The van der Waals surface area contributed by atoms with Crippen LogP contribution in [0, 0.1) is 0 Å². The third-order valence-electron chi connectivity index (χ3n) is 4.57. The van der Waals surface area contributed by atoms with Gasteiger partial charge in [-0.3, -0.25) is 4.79 Å². The van der Waals surface area contributed by atoms with Crippen LogP contribution in [0.1, 0.15) is 17.8 Å². The second kappa shape index (κ2) is 10.4. The maximum absolute atomic E-state index is 11.7. The summed E-state index contributed by atoms with van der Waals surface area (Å²) < 4.78 is 13.0. The monoisotopic (exact) mass is 393 g/mol. The molecule has 1 aromatic heterocycles. The number of aryl methyl sites for hydroxylation is 1. The second-order valence-corrected chi connectivity index (χ2v) is 6.68. The van der Waals surface area contributed by atoms with E-state index in [1.807, 2.05) is 48.5 Å². The first-order chi connectivity index (χ1) is 14.2. The number of allylic oxidation sites excluding steroid dienone is 1. The molecule has 0 aliphatic rings. The summed E-state index contributed by atoms with van der Waals surface area (Å²) in [5.41, 5.74) is 3.11. The van der Waals surface area contributed by atoms with Crippen molar-refractivity contribution in [1.29, 1.82) is 0 Å². The molecule has 0 saturated carbocycles. The smallest absolute Gasteiger partial charge is 0.246 e. The quantitative estimate of drug-likeness (QED) is 0.400. The van der Waals surface area contributed by atoms with Gasteiger partial charge in [-0.05, 0) is 36.6 Å². The van der Waals surface area contributed by atoms with E-state index in [0.717, 1.165) is 47.6 Å². The first kappa shape index (κ1) is 20.6. The van der Waals surface area contributed by atoms with Crippen molar-refractivity contribution < 1.29 is 14.3 Å². The minimum atomic E-state index is -0.159. The number of para-hydroxylation sites is 3. The Bertz CT molecular complexity index is 965. The highest BCUT2D eigenvalue weighted by Gasteiger charge is 2.11. The molecule has 6 heteroatoms. The number of nitrogens with one attached hydrogen (secondary N) is 1. The number of rotatable bonds is 11. The van der Waals surface area contributed by atoms with Gasteiger partial charge < -0.3 is 19.4 Å². The molecule has 1 heterocycles. The molecule has 3 aromatic rings. The fourth-order valence-corrected chi connectivity index (χ4v) is 3.24. The van der Waals surface area contributed by atoms with E-state index >= 15 is 0 Å². The SMILES string of the molecule is C=CCc1ccccc1OCCCn1c(CNC(=O)COC)nc2ccccc21. The Hall–Kier alpha value is -3.12. The number of methoxy groups -OCH3 is 1. The minimum Gasteiger partial charge on any atom is -0.493 e. The molecule has 0 aliphatic heterocycles. The number of imidazole rings is 1. The van der Waals surface area contributed by atoms with Gasteiger partial charge in [0.05, 0.1) is 24.2 Å². The standard InChI is InChI=1S/C23H27N3O3/c1-3-9-18-10-4-7-13-21(18)29-15-8-14-26-20-12-6-5-11-19(20)25-22(26)16-24-23(27)17-28-2/h3-7,10-13H,1,8-9,14-17H2,2H3,(H,24,27). The van der Waals surface area contributed by atoms with E-state index in [9.17, 15) is 4.79 Å². The van der Waals surface area contributed by atoms with Crippen LogP contribution in [-0.4, -0.2) is 35.8 Å². The number of benzene rings is 2. The van der Waals surface area contributed by atoms with Crippen LogP contribution in [0.2, 0.25) is 0 Å². The summed E-state index contributed by atoms with van der Waals surface area (Å²) in [6, 6.07) is 16.0. The first-order valence-electron chi connectivity index (χ1n) is 9.74. The second-order valence-electron chi connectivity index (χ2n) is 6.68. The van der Waals surface area contributed by atoms with E-state index < -0.39 is 0 Å². The van der Waals surface area contributed by atoms with Crippen molar-refractivity contribution in [3.8, 4) is 5.75 Å². The zero-order chi connectivity index (χ0) is 20.5. The molecule has 0 atom stereocenters. The maximum atomic E-state index is 11.7. The van der Waals surface area contributed by atoms with Crippen LogP contribution in [-0.2, 0) is 29.0 Å². The summed E-state index contributed by atoms with van der Waals surface area (Å²) in [4.78, 5) is 16.4. The highest BCUT2D eigenvalue weighted by Crippen LogP contribution is 2.20. The van der Waals surface area contributed by atoms with E-state index in [1.165, 1.54) is 7.11 Å². The van der Waals surface area contributed by atoms with Crippen LogP contribution >= 0.6 is 0 Å². The third-order valence-corrected chi connectivity index (χ3v) is 4.57. The van der Waals surface area contributed by atoms with Gasteiger partial charge in [0.15, 0.2) is 0 Å². The van der Waals surface area contributed by atoms with Crippen molar-refractivity contribution in [3.05, 3.63) is 72.6 Å². The Morgan fingerprint density at radius 2 is 2.00 bits per heavy atom. The first-order valence-corrected chi connectivity index (χ1v) is 9.74. The number of hydrogen-bond acceptors (Lipinski definition) is 4. The lowest BCUT2D eigenvalue weighted by Crippen LogP contribution is -2.28. The van der Waals surface area contributed by atoms with Gasteiger partial charge in [0, 0.05) is 13.7 Å². The number of ether oxygens (including phenoxy) is 2. The van der Waals surface area contributed by atoms with Gasteiger partial charge in [-0.25, -0.2) is 4.98 Å². The van der Waals surface area contributed by atoms with Crippen LogP contribution in [0.15, 0.2) is 61.2 Å². The molecule has 1 amide bonds. The number of amides is 1. The molecule has 0 fully saturated rings. The summed E-state index contributed by atoms with van der Waals surface area (Å²) in [7, 11) is 1.50. The van der Waals surface area contributed by atoms with E-state index in [2.05, 4.69) is 27.5 Å². The van der Waals surface area contributed by atoms with Crippen LogP contribution < -0.4 is 10.1 Å². The summed E-state index contributed by atoms with van der Waals surface area (Å²) in [6.07, 6.45) is 3.49. The molecule has 6 nitrogen and oxygen atoms in total. The minimum absolute atomic E-state index is 0.0399. The zero-order valence-corrected chi connectivity index (χ0v) is 16.8. The van der Waals surface area contributed by atoms with Crippen molar-refractivity contribution in [2.75, 3.05) is 20.3 Å². The van der Waals surface area contributed by atoms with E-state index in [4.69, 9.17) is 9.47 Å². The molecular weight excluding hydrogens is 366 g/mol. The molecule has 3 rings (SSSR count). The molecule has 0 saturated heterocycles. The molecule has 0 bridgehead atoms. The van der Waals surface area contributed by atoms with E-state index in [1.54, 1.807) is 0 Å². The molecule has 0 radical (unpaired) electrons. The lowest BCUT2D eigenvalue weighted by molar-refractivity contribution is -0.124. The van der Waals surface area contributed by atoms with Gasteiger partial charge >= 0.3 is 0 Å².